The van der Waals surface area contributed by atoms with E-state index in [0.29, 0.717) is 11.4 Å². The summed E-state index contributed by atoms with van der Waals surface area (Å²) >= 11 is 1.54. The van der Waals surface area contributed by atoms with Crippen molar-refractivity contribution in [1.82, 2.24) is 0 Å². The zero-order valence-electron chi connectivity index (χ0n) is 16.0. The van der Waals surface area contributed by atoms with Crippen LogP contribution in [0.4, 0.5) is 5.69 Å². The predicted octanol–water partition coefficient (Wildman–Crippen LogP) is 7.03. The van der Waals surface area contributed by atoms with Crippen LogP contribution in [0.15, 0.2) is 91.0 Å². The number of fused-ring (bicyclic) bond motifs is 2. The van der Waals surface area contributed by atoms with E-state index >= 15 is 0 Å². The minimum atomic E-state index is 0.421. The zero-order valence-corrected chi connectivity index (χ0v) is 16.8. The number of anilines is 1. The number of hydrogen-bond donors (Lipinski definition) is 2. The van der Waals surface area contributed by atoms with Crippen molar-refractivity contribution >= 4 is 43.6 Å². The fourth-order valence-electron chi connectivity index (χ4n) is 3.91. The zero-order chi connectivity index (χ0) is 20.5. The molecule has 0 saturated heterocycles. The van der Waals surface area contributed by atoms with Crippen molar-refractivity contribution in [3.8, 4) is 17.3 Å². The van der Waals surface area contributed by atoms with Crippen molar-refractivity contribution in [2.24, 2.45) is 0 Å². The van der Waals surface area contributed by atoms with Crippen LogP contribution >= 0.6 is 11.3 Å². The number of nitrogens with one attached hydrogen (secondary N) is 2. The molecule has 3 nitrogen and oxygen atoms in total. The average molecular weight is 404 g/mol. The molecule has 0 unspecified atom stereocenters. The maximum Gasteiger partial charge on any atom is 0.181 e. The minimum absolute atomic E-state index is 0.421. The number of benzene rings is 4. The van der Waals surface area contributed by atoms with E-state index in [1.54, 1.807) is 0 Å². The molecule has 4 heteroatoms. The molecule has 30 heavy (non-hydrogen) atoms. The van der Waals surface area contributed by atoms with Gasteiger partial charge in [0.2, 0.25) is 0 Å². The summed E-state index contributed by atoms with van der Waals surface area (Å²) in [6, 6.07) is 30.6. The Bertz CT molecular complexity index is 1440. The third kappa shape index (κ3) is 2.93. The molecule has 0 atom stereocenters. The van der Waals surface area contributed by atoms with Gasteiger partial charge in [-0.1, -0.05) is 84.9 Å². The Kier molecular flexibility index (Phi) is 4.51. The second-order valence-electron chi connectivity index (χ2n) is 6.99. The van der Waals surface area contributed by atoms with Crippen LogP contribution in [0, 0.1) is 16.9 Å². The van der Waals surface area contributed by atoms with Gasteiger partial charge in [0.05, 0.1) is 16.3 Å². The highest BCUT2D eigenvalue weighted by Gasteiger charge is 2.19. The van der Waals surface area contributed by atoms with Gasteiger partial charge < -0.3 is 0 Å². The van der Waals surface area contributed by atoms with Crippen molar-refractivity contribution in [3.05, 3.63) is 101 Å². The Balaban J connectivity index is 1.72. The molecule has 1 heterocycles. The molecule has 0 saturated carbocycles. The molecule has 1 aromatic heterocycles. The largest absolute Gasteiger partial charge is 0.299 e. The van der Waals surface area contributed by atoms with Gasteiger partial charge >= 0.3 is 0 Å². The highest BCUT2D eigenvalue weighted by molar-refractivity contribution is 7.21. The summed E-state index contributed by atoms with van der Waals surface area (Å²) in [6.45, 7) is 0. The van der Waals surface area contributed by atoms with Crippen LogP contribution in [-0.4, -0.2) is 5.71 Å². The number of nitrogens with zero attached hydrogens (tertiary/aromatic N) is 1. The van der Waals surface area contributed by atoms with E-state index in [-0.39, 0.29) is 0 Å². The van der Waals surface area contributed by atoms with Gasteiger partial charge in [-0.2, -0.15) is 5.26 Å². The van der Waals surface area contributed by atoms with Crippen molar-refractivity contribution in [3.63, 3.8) is 0 Å². The SMILES string of the molecule is N#CNc1c(C(=N)c2ccc(-c3ccccc3)c3ccccc23)sc2ccccc12. The third-order valence-corrected chi connectivity index (χ3v) is 6.47. The smallest absolute Gasteiger partial charge is 0.181 e. The molecule has 0 aliphatic rings. The summed E-state index contributed by atoms with van der Waals surface area (Å²) in [5, 5.41) is 24.2. The normalized spacial score (nSPS) is 10.8. The highest BCUT2D eigenvalue weighted by Crippen LogP contribution is 2.39. The monoisotopic (exact) mass is 403 g/mol. The Morgan fingerprint density at radius 3 is 2.20 bits per heavy atom. The summed E-state index contributed by atoms with van der Waals surface area (Å²) in [5.41, 5.74) is 4.29. The summed E-state index contributed by atoms with van der Waals surface area (Å²) in [5.74, 6) is 0. The third-order valence-electron chi connectivity index (χ3n) is 5.28. The van der Waals surface area contributed by atoms with Crippen LogP contribution < -0.4 is 5.32 Å². The lowest BCUT2D eigenvalue weighted by atomic mass is 9.92. The minimum Gasteiger partial charge on any atom is -0.299 e. The fourth-order valence-corrected chi connectivity index (χ4v) is 5.03. The maximum atomic E-state index is 9.28. The number of hydrogen-bond acceptors (Lipinski definition) is 4. The van der Waals surface area contributed by atoms with E-state index in [9.17, 15) is 5.26 Å². The molecule has 0 fully saturated rings. The fraction of sp³-hybridized carbons (Fsp3) is 0. The van der Waals surface area contributed by atoms with Gasteiger partial charge in [-0.15, -0.1) is 11.3 Å². The van der Waals surface area contributed by atoms with E-state index in [4.69, 9.17) is 5.41 Å². The summed E-state index contributed by atoms with van der Waals surface area (Å²) in [4.78, 5) is 0.773. The van der Waals surface area contributed by atoms with Gasteiger partial charge in [-0.3, -0.25) is 10.7 Å². The lowest BCUT2D eigenvalue weighted by molar-refractivity contribution is 1.47. The van der Waals surface area contributed by atoms with Crippen molar-refractivity contribution in [2.45, 2.75) is 0 Å². The van der Waals surface area contributed by atoms with E-state index in [0.717, 1.165) is 42.4 Å². The number of rotatable bonds is 4. The first-order valence-corrected chi connectivity index (χ1v) is 10.4. The molecule has 0 spiro atoms. The Morgan fingerprint density at radius 2 is 1.43 bits per heavy atom. The molecule has 0 amide bonds. The van der Waals surface area contributed by atoms with Crippen LogP contribution in [0.3, 0.4) is 0 Å². The van der Waals surface area contributed by atoms with E-state index in [1.165, 1.54) is 11.3 Å². The Hall–Kier alpha value is -3.94. The molecule has 0 radical (unpaired) electrons. The van der Waals surface area contributed by atoms with Gasteiger partial charge in [0.1, 0.15) is 0 Å². The molecule has 0 bridgehead atoms. The molecule has 5 aromatic rings. The van der Waals surface area contributed by atoms with Gasteiger partial charge in [0.25, 0.3) is 0 Å². The molecule has 142 valence electrons. The molecule has 0 aliphatic heterocycles. The van der Waals surface area contributed by atoms with E-state index in [2.05, 4.69) is 35.6 Å². The topological polar surface area (TPSA) is 59.7 Å². The first-order chi connectivity index (χ1) is 14.8. The van der Waals surface area contributed by atoms with Gasteiger partial charge in [-0.05, 0) is 28.0 Å². The molecule has 2 N–H and O–H groups in total. The molecular weight excluding hydrogens is 386 g/mol. The van der Waals surface area contributed by atoms with E-state index in [1.807, 2.05) is 66.9 Å². The summed E-state index contributed by atoms with van der Waals surface area (Å²) in [6.07, 6.45) is 2.04. The lowest BCUT2D eigenvalue weighted by Gasteiger charge is -2.13. The molecule has 0 aliphatic carbocycles. The number of nitriles is 1. The van der Waals surface area contributed by atoms with Crippen molar-refractivity contribution < 1.29 is 0 Å². The van der Waals surface area contributed by atoms with Gasteiger partial charge in [-0.25, -0.2) is 0 Å². The maximum absolute atomic E-state index is 9.28. The molecule has 5 rings (SSSR count). The summed E-state index contributed by atoms with van der Waals surface area (Å²) < 4.78 is 1.06. The molecular formula is C26H17N3S. The second-order valence-corrected chi connectivity index (χ2v) is 8.04. The molecule has 4 aromatic carbocycles. The van der Waals surface area contributed by atoms with E-state index < -0.39 is 0 Å². The first kappa shape index (κ1) is 18.1. The Morgan fingerprint density at radius 1 is 0.767 bits per heavy atom. The van der Waals surface area contributed by atoms with Gasteiger partial charge in [0.15, 0.2) is 6.19 Å². The lowest BCUT2D eigenvalue weighted by Crippen LogP contribution is -2.03. The van der Waals surface area contributed by atoms with Crippen molar-refractivity contribution in [1.29, 1.82) is 10.7 Å². The quantitative estimate of drug-likeness (QED) is 0.192. The average Bonchev–Trinajstić information content (AvgIpc) is 3.17. The van der Waals surface area contributed by atoms with Crippen molar-refractivity contribution in [2.75, 3.05) is 5.32 Å². The highest BCUT2D eigenvalue weighted by atomic mass is 32.1. The van der Waals surface area contributed by atoms with Crippen LogP contribution in [0.5, 0.6) is 0 Å². The number of thiophene rings is 1. The van der Waals surface area contributed by atoms with Crippen LogP contribution in [0.2, 0.25) is 0 Å². The Labute approximate surface area is 178 Å². The predicted molar refractivity (Wildman–Crippen MR) is 126 cm³/mol. The van der Waals surface area contributed by atoms with Gasteiger partial charge in [0, 0.05) is 15.6 Å². The van der Waals surface area contributed by atoms with Crippen LogP contribution in [0.25, 0.3) is 32.0 Å². The first-order valence-electron chi connectivity index (χ1n) is 9.61. The standard InChI is InChI=1S/C26H17N3S/c27-16-29-25-22-12-6-7-13-23(22)30-26(25)24(28)21-15-14-18(17-8-2-1-3-9-17)19-10-4-5-11-20(19)21/h1-15,28-29H. The van der Waals surface area contributed by atoms with Crippen LogP contribution in [-0.2, 0) is 0 Å². The second kappa shape index (κ2) is 7.47. The summed E-state index contributed by atoms with van der Waals surface area (Å²) in [7, 11) is 0. The van der Waals surface area contributed by atoms with Crippen LogP contribution in [0.1, 0.15) is 10.4 Å².